The number of fused-ring (bicyclic) bond motifs is 7. The van der Waals surface area contributed by atoms with Gasteiger partial charge in [-0.2, -0.15) is 0 Å². The molecule has 1 heteroatoms. The Morgan fingerprint density at radius 3 is 1.30 bits per heavy atom. The zero-order valence-corrected chi connectivity index (χ0v) is 18.3. The highest BCUT2D eigenvalue weighted by molar-refractivity contribution is 5.94. The minimum atomic E-state index is 0.0742. The van der Waals surface area contributed by atoms with Crippen molar-refractivity contribution in [2.75, 3.05) is 0 Å². The SMILES string of the molecule is C(=C1\c2ccccc2[C@H]2[C@H]3c4ccccc4/C(=C/c4ccccc4)[C@@H]3O[C@H]12)/c1ccccc1. The lowest BCUT2D eigenvalue weighted by Crippen LogP contribution is -2.12. The Bertz CT molecular complexity index is 1290. The van der Waals surface area contributed by atoms with Crippen molar-refractivity contribution in [2.45, 2.75) is 24.0 Å². The van der Waals surface area contributed by atoms with E-state index in [4.69, 9.17) is 4.74 Å². The van der Waals surface area contributed by atoms with E-state index in [2.05, 4.69) is 121 Å². The molecule has 0 amide bonds. The molecule has 0 radical (unpaired) electrons. The van der Waals surface area contributed by atoms with Gasteiger partial charge in [-0.05, 0) is 56.7 Å². The lowest BCUT2D eigenvalue weighted by molar-refractivity contribution is 0.110. The maximum atomic E-state index is 7.01. The molecular formula is C32H24O. The Hall–Kier alpha value is -3.68. The van der Waals surface area contributed by atoms with Crippen molar-refractivity contribution in [3.05, 3.63) is 143 Å². The highest BCUT2D eigenvalue weighted by Crippen LogP contribution is 2.62. The van der Waals surface area contributed by atoms with Crippen LogP contribution >= 0.6 is 0 Å². The van der Waals surface area contributed by atoms with Crippen LogP contribution in [-0.2, 0) is 4.74 Å². The van der Waals surface area contributed by atoms with Crippen LogP contribution in [0.5, 0.6) is 0 Å². The molecule has 1 nitrogen and oxygen atoms in total. The summed E-state index contributed by atoms with van der Waals surface area (Å²) in [6, 6.07) is 39.1. The van der Waals surface area contributed by atoms with Crippen LogP contribution in [0.25, 0.3) is 23.3 Å². The maximum absolute atomic E-state index is 7.01. The summed E-state index contributed by atoms with van der Waals surface area (Å²) in [5.74, 6) is 0.674. The highest BCUT2D eigenvalue weighted by Gasteiger charge is 2.56. The van der Waals surface area contributed by atoms with Gasteiger partial charge >= 0.3 is 0 Å². The standard InChI is InChI=1S/C32H24O/c1-3-11-21(12-4-1)19-27-23-15-7-9-17-25(23)29-30-26-18-10-8-16-24(26)28(32(30)33-31(27)29)20-22-13-5-2-6-14-22/h1-20,29-32H/b27-19-,28-20-/t29-,30+,31+,32-. The lowest BCUT2D eigenvalue weighted by atomic mass is 9.83. The van der Waals surface area contributed by atoms with E-state index >= 15 is 0 Å². The van der Waals surface area contributed by atoms with Gasteiger partial charge in [-0.15, -0.1) is 0 Å². The third-order valence-electron chi connectivity index (χ3n) is 7.45. The fraction of sp³-hybridized carbons (Fsp3) is 0.125. The Balaban J connectivity index is 1.40. The first-order valence-corrected chi connectivity index (χ1v) is 11.8. The number of hydrogen-bond donors (Lipinski definition) is 0. The minimum absolute atomic E-state index is 0.0742. The monoisotopic (exact) mass is 424 g/mol. The van der Waals surface area contributed by atoms with Crippen molar-refractivity contribution in [2.24, 2.45) is 0 Å². The van der Waals surface area contributed by atoms with Crippen molar-refractivity contribution in [1.82, 2.24) is 0 Å². The molecule has 4 aromatic rings. The molecule has 1 heterocycles. The lowest BCUT2D eigenvalue weighted by Gasteiger charge is -2.17. The molecule has 3 aliphatic rings. The molecule has 2 aliphatic carbocycles. The number of ether oxygens (including phenoxy) is 1. The van der Waals surface area contributed by atoms with Crippen molar-refractivity contribution < 1.29 is 4.74 Å². The third-order valence-corrected chi connectivity index (χ3v) is 7.45. The Kier molecular flexibility index (Phi) is 4.25. The van der Waals surface area contributed by atoms with E-state index in [0.717, 1.165) is 0 Å². The second-order valence-electron chi connectivity index (χ2n) is 9.22. The fourth-order valence-corrected chi connectivity index (χ4v) is 6.14. The van der Waals surface area contributed by atoms with Crippen molar-refractivity contribution in [3.8, 4) is 0 Å². The normalized spacial score (nSPS) is 26.8. The quantitative estimate of drug-likeness (QED) is 0.325. The van der Waals surface area contributed by atoms with Gasteiger partial charge in [-0.25, -0.2) is 0 Å². The molecule has 0 bridgehead atoms. The summed E-state index contributed by atoms with van der Waals surface area (Å²) in [6.45, 7) is 0. The van der Waals surface area contributed by atoms with Crippen LogP contribution in [-0.4, -0.2) is 12.2 Å². The van der Waals surface area contributed by atoms with Crippen LogP contribution in [0.15, 0.2) is 109 Å². The molecule has 4 aromatic carbocycles. The molecule has 0 unspecified atom stereocenters. The van der Waals surface area contributed by atoms with E-state index < -0.39 is 0 Å². The smallest absolute Gasteiger partial charge is 0.0915 e. The topological polar surface area (TPSA) is 9.23 Å². The molecule has 0 N–H and O–H groups in total. The van der Waals surface area contributed by atoms with Gasteiger partial charge in [0.15, 0.2) is 0 Å². The van der Waals surface area contributed by atoms with Crippen LogP contribution in [0.3, 0.4) is 0 Å². The van der Waals surface area contributed by atoms with Gasteiger partial charge in [-0.3, -0.25) is 0 Å². The van der Waals surface area contributed by atoms with Crippen LogP contribution in [0.4, 0.5) is 0 Å². The van der Waals surface area contributed by atoms with Crippen molar-refractivity contribution in [3.63, 3.8) is 0 Å². The maximum Gasteiger partial charge on any atom is 0.0915 e. The first kappa shape index (κ1) is 18.8. The number of rotatable bonds is 2. The van der Waals surface area contributed by atoms with Gasteiger partial charge in [0.2, 0.25) is 0 Å². The van der Waals surface area contributed by atoms with Gasteiger partial charge < -0.3 is 4.74 Å². The van der Waals surface area contributed by atoms with Crippen LogP contribution < -0.4 is 0 Å². The molecule has 0 saturated carbocycles. The Morgan fingerprint density at radius 1 is 0.455 bits per heavy atom. The van der Waals surface area contributed by atoms with E-state index in [0.29, 0.717) is 11.8 Å². The van der Waals surface area contributed by atoms with Gasteiger partial charge in [0.05, 0.1) is 12.2 Å². The molecule has 4 atom stereocenters. The molecule has 1 fully saturated rings. The van der Waals surface area contributed by atoms with E-state index in [1.54, 1.807) is 0 Å². The number of hydrogen-bond acceptors (Lipinski definition) is 1. The van der Waals surface area contributed by atoms with E-state index in [1.165, 1.54) is 44.5 Å². The molecular weight excluding hydrogens is 400 g/mol. The summed E-state index contributed by atoms with van der Waals surface area (Å²) in [4.78, 5) is 0. The summed E-state index contributed by atoms with van der Waals surface area (Å²) in [5, 5.41) is 0. The summed E-state index contributed by atoms with van der Waals surface area (Å²) >= 11 is 0. The van der Waals surface area contributed by atoms with E-state index in [-0.39, 0.29) is 12.2 Å². The summed E-state index contributed by atoms with van der Waals surface area (Å²) in [6.07, 6.45) is 4.81. The second-order valence-corrected chi connectivity index (χ2v) is 9.22. The zero-order chi connectivity index (χ0) is 21.8. The largest absolute Gasteiger partial charge is 0.364 e. The average Bonchev–Trinajstić information content (AvgIpc) is 3.49. The van der Waals surface area contributed by atoms with Gasteiger partial charge in [0.1, 0.15) is 0 Å². The Labute approximate surface area is 194 Å². The number of benzene rings is 4. The minimum Gasteiger partial charge on any atom is -0.364 e. The predicted molar refractivity (Wildman–Crippen MR) is 136 cm³/mol. The third kappa shape index (κ3) is 2.90. The molecule has 7 rings (SSSR count). The van der Waals surface area contributed by atoms with Gasteiger partial charge in [-0.1, -0.05) is 109 Å². The summed E-state index contributed by atoms with van der Waals surface area (Å²) in [5.41, 5.74) is 10.6. The van der Waals surface area contributed by atoms with Crippen LogP contribution in [0.2, 0.25) is 0 Å². The molecule has 0 spiro atoms. The van der Waals surface area contributed by atoms with Gasteiger partial charge in [0.25, 0.3) is 0 Å². The molecule has 1 aliphatic heterocycles. The van der Waals surface area contributed by atoms with Crippen LogP contribution in [0, 0.1) is 0 Å². The molecule has 33 heavy (non-hydrogen) atoms. The summed E-state index contributed by atoms with van der Waals surface area (Å²) in [7, 11) is 0. The average molecular weight is 425 g/mol. The molecule has 0 aromatic heterocycles. The van der Waals surface area contributed by atoms with Gasteiger partial charge in [0, 0.05) is 11.8 Å². The van der Waals surface area contributed by atoms with Crippen molar-refractivity contribution in [1.29, 1.82) is 0 Å². The van der Waals surface area contributed by atoms with E-state index in [1.807, 2.05) is 0 Å². The van der Waals surface area contributed by atoms with Crippen LogP contribution in [0.1, 0.15) is 45.2 Å². The van der Waals surface area contributed by atoms with E-state index in [9.17, 15) is 0 Å². The predicted octanol–water partition coefficient (Wildman–Crippen LogP) is 7.43. The zero-order valence-electron chi connectivity index (χ0n) is 18.3. The second kappa shape index (κ2) is 7.43. The Morgan fingerprint density at radius 2 is 0.848 bits per heavy atom. The van der Waals surface area contributed by atoms with Crippen molar-refractivity contribution >= 4 is 23.3 Å². The molecule has 1 saturated heterocycles. The first-order chi connectivity index (χ1) is 16.4. The molecule has 158 valence electrons. The first-order valence-electron chi connectivity index (χ1n) is 11.8. The highest BCUT2D eigenvalue weighted by atomic mass is 16.5. The summed E-state index contributed by atoms with van der Waals surface area (Å²) < 4.78 is 7.01. The fourth-order valence-electron chi connectivity index (χ4n) is 6.14.